The van der Waals surface area contributed by atoms with Crippen molar-refractivity contribution in [2.75, 3.05) is 10.3 Å². The zero-order chi connectivity index (χ0) is 38.3. The van der Waals surface area contributed by atoms with Crippen molar-refractivity contribution in [2.45, 2.75) is 37.0 Å². The molecule has 2 aromatic heterocycles. The van der Waals surface area contributed by atoms with Gasteiger partial charge in [-0.05, 0) is 72.4 Å². The molecule has 6 atom stereocenters. The predicted molar refractivity (Wildman–Crippen MR) is 191 cm³/mol. The molecule has 0 radical (unpaired) electrons. The minimum atomic E-state index is -4.75. The average molecular weight is 778 g/mol. The SMILES string of the molecule is C=Cc1ccc(N2C(=O)C3CC=C4C(CC5C(=O)N(Nc6ncc(C(F)(F)F)cc6Cl)C(=O)C5(c5ccc(Cl)cc5)C4c4ccc(CO)o4)C3C2=O)cc1. The maximum absolute atomic E-state index is 15.2. The molecule has 0 spiro atoms. The second-order valence-electron chi connectivity index (χ2n) is 13.7. The summed E-state index contributed by atoms with van der Waals surface area (Å²) in [5.74, 6) is -7.00. The number of imide groups is 2. The van der Waals surface area contributed by atoms with Gasteiger partial charge in [-0.1, -0.05) is 71.8 Å². The van der Waals surface area contributed by atoms with Gasteiger partial charge in [-0.25, -0.2) is 4.98 Å². The lowest BCUT2D eigenvalue weighted by Gasteiger charge is -2.49. The number of aliphatic hydroxyl groups is 1. The van der Waals surface area contributed by atoms with E-state index in [4.69, 9.17) is 27.6 Å². The number of furan rings is 1. The van der Waals surface area contributed by atoms with Gasteiger partial charge >= 0.3 is 6.18 Å². The number of halogens is 5. The van der Waals surface area contributed by atoms with Gasteiger partial charge in [0.15, 0.2) is 5.82 Å². The molecule has 2 aromatic carbocycles. The van der Waals surface area contributed by atoms with Crippen LogP contribution >= 0.6 is 23.2 Å². The smallest absolute Gasteiger partial charge is 0.417 e. The minimum absolute atomic E-state index is 0.0567. The number of nitrogens with zero attached hydrogens (tertiary/aromatic N) is 3. The summed E-state index contributed by atoms with van der Waals surface area (Å²) >= 11 is 12.5. The molecular formula is C39H29Cl2F3N4O6. The predicted octanol–water partition coefficient (Wildman–Crippen LogP) is 7.33. The molecule has 1 saturated carbocycles. The Labute approximate surface area is 315 Å². The zero-order valence-electron chi connectivity index (χ0n) is 28.0. The number of carbonyl (C=O) groups excluding carboxylic acids is 4. The van der Waals surface area contributed by atoms with Crippen molar-refractivity contribution >= 4 is 64.4 Å². The molecule has 3 fully saturated rings. The van der Waals surface area contributed by atoms with E-state index in [1.165, 1.54) is 11.0 Å². The van der Waals surface area contributed by atoms with Gasteiger partial charge in [0.05, 0.1) is 39.9 Å². The number of pyridine rings is 1. The average Bonchev–Trinajstić information content (AvgIpc) is 3.79. The maximum atomic E-state index is 15.2. The summed E-state index contributed by atoms with van der Waals surface area (Å²) in [7, 11) is 0. The van der Waals surface area contributed by atoms with Crippen LogP contribution < -0.4 is 10.3 Å². The Morgan fingerprint density at radius 3 is 2.33 bits per heavy atom. The van der Waals surface area contributed by atoms with Gasteiger partial charge in [-0.3, -0.25) is 29.5 Å². The zero-order valence-corrected chi connectivity index (χ0v) is 29.5. The van der Waals surface area contributed by atoms with Crippen molar-refractivity contribution < 1.29 is 41.9 Å². The molecule has 8 rings (SSSR count). The van der Waals surface area contributed by atoms with Gasteiger partial charge in [0.25, 0.3) is 11.8 Å². The van der Waals surface area contributed by atoms with Crippen LogP contribution in [0.2, 0.25) is 10.0 Å². The molecule has 2 N–H and O–H groups in total. The first-order valence-corrected chi connectivity index (χ1v) is 17.7. The van der Waals surface area contributed by atoms with Gasteiger partial charge < -0.3 is 9.52 Å². The molecule has 2 aliphatic carbocycles. The van der Waals surface area contributed by atoms with E-state index in [-0.39, 0.29) is 30.2 Å². The number of anilines is 2. The van der Waals surface area contributed by atoms with Crippen LogP contribution in [0.4, 0.5) is 24.7 Å². The molecule has 276 valence electrons. The summed E-state index contributed by atoms with van der Waals surface area (Å²) in [5.41, 5.74) is 1.84. The van der Waals surface area contributed by atoms with Gasteiger partial charge in [0.2, 0.25) is 11.8 Å². The molecular weight excluding hydrogens is 748 g/mol. The van der Waals surface area contributed by atoms with Crippen LogP contribution in [-0.4, -0.2) is 38.7 Å². The number of allylic oxidation sites excluding steroid dienone is 2. The number of aliphatic hydroxyl groups excluding tert-OH is 1. The van der Waals surface area contributed by atoms with E-state index in [0.717, 1.165) is 5.56 Å². The molecule has 2 saturated heterocycles. The minimum Gasteiger partial charge on any atom is -0.463 e. The Kier molecular flexibility index (Phi) is 8.59. The summed E-state index contributed by atoms with van der Waals surface area (Å²) < 4.78 is 46.5. The summed E-state index contributed by atoms with van der Waals surface area (Å²) in [4.78, 5) is 63.3. The number of hydrogen-bond acceptors (Lipinski definition) is 8. The van der Waals surface area contributed by atoms with Crippen LogP contribution in [0.3, 0.4) is 0 Å². The van der Waals surface area contributed by atoms with Crippen molar-refractivity contribution in [2.24, 2.45) is 23.7 Å². The van der Waals surface area contributed by atoms with Crippen LogP contribution in [0, 0.1) is 23.7 Å². The number of carbonyl (C=O) groups is 4. The van der Waals surface area contributed by atoms with Gasteiger partial charge in [-0.15, -0.1) is 0 Å². The first-order chi connectivity index (χ1) is 25.8. The Hall–Kier alpha value is -5.24. The third-order valence-corrected chi connectivity index (χ3v) is 11.6. The highest BCUT2D eigenvalue weighted by Crippen LogP contribution is 2.64. The van der Waals surface area contributed by atoms with Crippen LogP contribution in [-0.2, 0) is 37.4 Å². The second-order valence-corrected chi connectivity index (χ2v) is 14.5. The van der Waals surface area contributed by atoms with Gasteiger partial charge in [0.1, 0.15) is 23.5 Å². The van der Waals surface area contributed by atoms with Crippen molar-refractivity contribution in [1.29, 1.82) is 0 Å². The molecule has 6 unspecified atom stereocenters. The summed E-state index contributed by atoms with van der Waals surface area (Å²) in [6.07, 6.45) is -0.649. The molecule has 4 aliphatic rings. The standard InChI is InChI=1S/C39H29Cl2F3N4O6/c1-2-19-3-9-23(10-4-19)47-34(50)26-13-12-25-27(31(26)36(47)52)16-28-35(51)48(46-33-29(41)15-21(17-45-33)39(42,43)44)37(53)38(28,20-5-7-22(40)8-6-20)32(25)30-14-11-24(18-49)54-30/h2-12,14-15,17,26-28,31-32,49H,1,13,16,18H2,(H,45,46). The number of alkyl halides is 3. The van der Waals surface area contributed by atoms with Crippen molar-refractivity contribution in [3.05, 3.63) is 129 Å². The third-order valence-electron chi connectivity index (χ3n) is 11.1. The van der Waals surface area contributed by atoms with E-state index >= 15 is 4.79 Å². The normalized spacial score (nSPS) is 26.4. The third kappa shape index (κ3) is 5.31. The van der Waals surface area contributed by atoms with Crippen LogP contribution in [0.5, 0.6) is 0 Å². The Balaban J connectivity index is 1.28. The number of nitrogens with one attached hydrogen (secondary N) is 1. The molecule has 2 aliphatic heterocycles. The summed E-state index contributed by atoms with van der Waals surface area (Å²) in [6, 6.07) is 16.9. The summed E-state index contributed by atoms with van der Waals surface area (Å²) in [5, 5.41) is 10.5. The lowest BCUT2D eigenvalue weighted by molar-refractivity contribution is -0.139. The Bertz CT molecular complexity index is 2270. The van der Waals surface area contributed by atoms with Crippen molar-refractivity contribution in [3.8, 4) is 0 Å². The molecule has 15 heteroatoms. The van der Waals surface area contributed by atoms with E-state index in [9.17, 15) is 32.7 Å². The van der Waals surface area contributed by atoms with Crippen LogP contribution in [0.15, 0.2) is 95.6 Å². The van der Waals surface area contributed by atoms with E-state index in [2.05, 4.69) is 17.0 Å². The molecule has 10 nitrogen and oxygen atoms in total. The number of hydrogen-bond donors (Lipinski definition) is 2. The fraction of sp³-hybridized carbons (Fsp3) is 0.256. The quantitative estimate of drug-likeness (QED) is 0.147. The van der Waals surface area contributed by atoms with E-state index in [1.54, 1.807) is 60.7 Å². The van der Waals surface area contributed by atoms with Gasteiger partial charge in [-0.2, -0.15) is 18.2 Å². The molecule has 0 bridgehead atoms. The number of benzene rings is 2. The molecule has 4 amide bonds. The molecule has 4 aromatic rings. The Morgan fingerprint density at radius 2 is 1.70 bits per heavy atom. The number of hydrazine groups is 1. The van der Waals surface area contributed by atoms with Crippen LogP contribution in [0.25, 0.3) is 6.08 Å². The Morgan fingerprint density at radius 1 is 0.981 bits per heavy atom. The van der Waals surface area contributed by atoms with Crippen LogP contribution in [0.1, 0.15) is 47.0 Å². The second kappa shape index (κ2) is 13.0. The first kappa shape index (κ1) is 35.8. The number of amides is 4. The largest absolute Gasteiger partial charge is 0.463 e. The topological polar surface area (TPSA) is 133 Å². The van der Waals surface area contributed by atoms with Crippen molar-refractivity contribution in [1.82, 2.24) is 9.99 Å². The highest BCUT2D eigenvalue weighted by atomic mass is 35.5. The van der Waals surface area contributed by atoms with E-state index in [1.807, 2.05) is 6.08 Å². The number of rotatable bonds is 7. The molecule has 54 heavy (non-hydrogen) atoms. The monoisotopic (exact) mass is 776 g/mol. The van der Waals surface area contributed by atoms with Crippen molar-refractivity contribution in [3.63, 3.8) is 0 Å². The van der Waals surface area contributed by atoms with Gasteiger partial charge in [0, 0.05) is 11.2 Å². The highest BCUT2D eigenvalue weighted by molar-refractivity contribution is 6.33. The highest BCUT2D eigenvalue weighted by Gasteiger charge is 2.71. The summed E-state index contributed by atoms with van der Waals surface area (Å²) in [6.45, 7) is 3.28. The lowest BCUT2D eigenvalue weighted by Crippen LogP contribution is -2.53. The van der Waals surface area contributed by atoms with E-state index < -0.39 is 82.0 Å². The lowest BCUT2D eigenvalue weighted by atomic mass is 9.50. The fourth-order valence-corrected chi connectivity index (χ4v) is 9.07. The molecule has 4 heterocycles. The number of fused-ring (bicyclic) bond motifs is 4. The number of aromatic nitrogens is 1. The first-order valence-electron chi connectivity index (χ1n) is 16.9. The fourth-order valence-electron chi connectivity index (χ4n) is 8.74. The van der Waals surface area contributed by atoms with E-state index in [0.29, 0.717) is 39.1 Å². The maximum Gasteiger partial charge on any atom is 0.417 e.